The van der Waals surface area contributed by atoms with Crippen LogP contribution in [0.4, 0.5) is 5.69 Å². The second kappa shape index (κ2) is 9.98. The van der Waals surface area contributed by atoms with E-state index >= 15 is 0 Å². The van der Waals surface area contributed by atoms with Crippen LogP contribution >= 0.6 is 0 Å². The van der Waals surface area contributed by atoms with E-state index in [0.717, 1.165) is 0 Å². The van der Waals surface area contributed by atoms with Crippen LogP contribution in [-0.4, -0.2) is 30.9 Å². The largest absolute Gasteiger partial charge is 0.493 e. The highest BCUT2D eigenvalue weighted by Gasteiger charge is 2.10. The summed E-state index contributed by atoms with van der Waals surface area (Å²) in [5.41, 5.74) is 1.02. The number of carbonyl (C=O) groups is 3. The molecule has 2 aromatic rings. The van der Waals surface area contributed by atoms with Crippen LogP contribution in [0.1, 0.15) is 30.1 Å². The molecule has 0 aliphatic rings. The summed E-state index contributed by atoms with van der Waals surface area (Å²) < 4.78 is 10.4. The molecule has 6 nitrogen and oxygen atoms in total. The van der Waals surface area contributed by atoms with E-state index in [2.05, 4.69) is 5.32 Å². The van der Waals surface area contributed by atoms with Crippen LogP contribution in [0.2, 0.25) is 0 Å². The number of rotatable bonds is 9. The predicted molar refractivity (Wildman–Crippen MR) is 97.2 cm³/mol. The molecule has 0 radical (unpaired) electrons. The topological polar surface area (TPSA) is 81.7 Å². The van der Waals surface area contributed by atoms with E-state index in [9.17, 15) is 14.4 Å². The third kappa shape index (κ3) is 6.39. The van der Waals surface area contributed by atoms with Gasteiger partial charge in [-0.2, -0.15) is 0 Å². The summed E-state index contributed by atoms with van der Waals surface area (Å²) in [7, 11) is 0. The summed E-state index contributed by atoms with van der Waals surface area (Å²) in [6.07, 6.45) is 0.439. The first-order valence-corrected chi connectivity index (χ1v) is 8.35. The summed E-state index contributed by atoms with van der Waals surface area (Å²) in [6, 6.07) is 15.6. The first-order chi connectivity index (χ1) is 12.6. The monoisotopic (exact) mass is 355 g/mol. The van der Waals surface area contributed by atoms with E-state index in [1.54, 1.807) is 43.3 Å². The molecule has 2 rings (SSSR count). The Morgan fingerprint density at radius 2 is 1.65 bits per heavy atom. The molecule has 1 amide bonds. The quantitative estimate of drug-likeness (QED) is 0.552. The van der Waals surface area contributed by atoms with Crippen LogP contribution in [-0.2, 0) is 14.3 Å². The summed E-state index contributed by atoms with van der Waals surface area (Å²) in [6.45, 7) is 1.61. The summed E-state index contributed by atoms with van der Waals surface area (Å²) in [4.78, 5) is 35.0. The van der Waals surface area contributed by atoms with E-state index in [4.69, 9.17) is 9.47 Å². The zero-order valence-electron chi connectivity index (χ0n) is 14.6. The van der Waals surface area contributed by atoms with Crippen molar-refractivity contribution in [3.8, 4) is 5.75 Å². The maximum atomic E-state index is 12.0. The van der Waals surface area contributed by atoms with Gasteiger partial charge in [-0.15, -0.1) is 0 Å². The van der Waals surface area contributed by atoms with Crippen molar-refractivity contribution in [2.24, 2.45) is 0 Å². The Kier molecular flexibility index (Phi) is 7.36. The van der Waals surface area contributed by atoms with Gasteiger partial charge in [-0.3, -0.25) is 14.4 Å². The van der Waals surface area contributed by atoms with E-state index in [-0.39, 0.29) is 31.3 Å². The highest BCUT2D eigenvalue weighted by molar-refractivity contribution is 5.98. The van der Waals surface area contributed by atoms with Gasteiger partial charge in [0.1, 0.15) is 5.75 Å². The minimum atomic E-state index is -0.499. The van der Waals surface area contributed by atoms with E-state index in [0.29, 0.717) is 23.4 Å². The Morgan fingerprint density at radius 3 is 2.31 bits per heavy atom. The molecule has 26 heavy (non-hydrogen) atoms. The van der Waals surface area contributed by atoms with Crippen LogP contribution in [0, 0.1) is 0 Å². The lowest BCUT2D eigenvalue weighted by Crippen LogP contribution is -2.16. The van der Waals surface area contributed by atoms with Crippen molar-refractivity contribution in [1.82, 2.24) is 0 Å². The van der Waals surface area contributed by atoms with Gasteiger partial charge in [0, 0.05) is 17.7 Å². The highest BCUT2D eigenvalue weighted by atomic mass is 16.5. The number of ketones is 1. The average molecular weight is 355 g/mol. The van der Waals surface area contributed by atoms with Crippen molar-refractivity contribution in [1.29, 1.82) is 0 Å². The van der Waals surface area contributed by atoms with Gasteiger partial charge in [-0.25, -0.2) is 0 Å². The molecular formula is C20H21NO5. The molecule has 0 aromatic heterocycles. The molecule has 0 aliphatic carbocycles. The predicted octanol–water partition coefficient (Wildman–Crippen LogP) is 3.23. The lowest BCUT2D eigenvalue weighted by atomic mass is 10.1. The van der Waals surface area contributed by atoms with Gasteiger partial charge < -0.3 is 14.8 Å². The number of hydrogen-bond donors (Lipinski definition) is 1. The molecule has 136 valence electrons. The number of hydrogen-bond acceptors (Lipinski definition) is 5. The van der Waals surface area contributed by atoms with Crippen LogP contribution in [0.25, 0.3) is 0 Å². The van der Waals surface area contributed by atoms with Crippen molar-refractivity contribution in [3.63, 3.8) is 0 Å². The van der Waals surface area contributed by atoms with Crippen molar-refractivity contribution < 1.29 is 23.9 Å². The standard InChI is InChI=1S/C20H21NO5/c1-2-19(23)21-16-10-8-15(9-11-16)18(22)14-26-20(24)12-13-25-17-6-4-3-5-7-17/h3-11H,2,12-14H2,1H3,(H,21,23). The van der Waals surface area contributed by atoms with Crippen molar-refractivity contribution in [2.45, 2.75) is 19.8 Å². The van der Waals surface area contributed by atoms with Crippen molar-refractivity contribution in [2.75, 3.05) is 18.5 Å². The molecule has 0 heterocycles. The molecule has 0 fully saturated rings. The first-order valence-electron chi connectivity index (χ1n) is 8.35. The zero-order valence-corrected chi connectivity index (χ0v) is 14.6. The van der Waals surface area contributed by atoms with Crippen molar-refractivity contribution in [3.05, 3.63) is 60.2 Å². The fourth-order valence-electron chi connectivity index (χ4n) is 2.06. The number of amides is 1. The Labute approximate surface area is 152 Å². The third-order valence-electron chi connectivity index (χ3n) is 3.49. The maximum absolute atomic E-state index is 12.0. The van der Waals surface area contributed by atoms with Crippen LogP contribution < -0.4 is 10.1 Å². The fourth-order valence-corrected chi connectivity index (χ4v) is 2.06. The molecule has 6 heteroatoms. The Morgan fingerprint density at radius 1 is 0.962 bits per heavy atom. The number of esters is 1. The van der Waals surface area contributed by atoms with E-state index in [1.807, 2.05) is 18.2 Å². The second-order valence-corrected chi connectivity index (χ2v) is 5.47. The number of nitrogens with one attached hydrogen (secondary N) is 1. The lowest BCUT2D eigenvalue weighted by Gasteiger charge is -2.07. The normalized spacial score (nSPS) is 10.0. The third-order valence-corrected chi connectivity index (χ3v) is 3.49. The number of ether oxygens (including phenoxy) is 2. The Bertz CT molecular complexity index is 741. The fraction of sp³-hybridized carbons (Fsp3) is 0.250. The van der Waals surface area contributed by atoms with Crippen LogP contribution in [0.3, 0.4) is 0 Å². The van der Waals surface area contributed by atoms with Crippen LogP contribution in [0.15, 0.2) is 54.6 Å². The summed E-state index contributed by atoms with van der Waals surface area (Å²) in [5, 5.41) is 2.70. The molecule has 2 aromatic carbocycles. The van der Waals surface area contributed by atoms with Crippen LogP contribution in [0.5, 0.6) is 5.75 Å². The van der Waals surface area contributed by atoms with Gasteiger partial charge >= 0.3 is 5.97 Å². The van der Waals surface area contributed by atoms with Crippen molar-refractivity contribution >= 4 is 23.3 Å². The molecule has 0 bridgehead atoms. The minimum Gasteiger partial charge on any atom is -0.493 e. The SMILES string of the molecule is CCC(=O)Nc1ccc(C(=O)COC(=O)CCOc2ccccc2)cc1. The van der Waals surface area contributed by atoms with Gasteiger partial charge in [0.15, 0.2) is 12.4 Å². The van der Waals surface area contributed by atoms with E-state index in [1.165, 1.54) is 0 Å². The van der Waals surface area contributed by atoms with Gasteiger partial charge in [-0.05, 0) is 36.4 Å². The average Bonchev–Trinajstić information content (AvgIpc) is 2.67. The zero-order chi connectivity index (χ0) is 18.8. The van der Waals surface area contributed by atoms with Gasteiger partial charge in [0.05, 0.1) is 13.0 Å². The number of carbonyl (C=O) groups excluding carboxylic acids is 3. The molecule has 0 aliphatic heterocycles. The molecule has 0 spiro atoms. The molecule has 0 saturated carbocycles. The van der Waals surface area contributed by atoms with Gasteiger partial charge in [0.2, 0.25) is 5.91 Å². The molecule has 1 N–H and O–H groups in total. The summed E-state index contributed by atoms with van der Waals surface area (Å²) >= 11 is 0. The first kappa shape index (κ1) is 19.2. The lowest BCUT2D eigenvalue weighted by molar-refractivity contribution is -0.143. The van der Waals surface area contributed by atoms with Gasteiger partial charge in [0.25, 0.3) is 0 Å². The second-order valence-electron chi connectivity index (χ2n) is 5.47. The number of anilines is 1. The smallest absolute Gasteiger partial charge is 0.309 e. The molecule has 0 atom stereocenters. The number of benzene rings is 2. The maximum Gasteiger partial charge on any atom is 0.309 e. The molecule has 0 saturated heterocycles. The number of para-hydroxylation sites is 1. The highest BCUT2D eigenvalue weighted by Crippen LogP contribution is 2.11. The van der Waals surface area contributed by atoms with Gasteiger partial charge in [-0.1, -0.05) is 25.1 Å². The Hall–Kier alpha value is -3.15. The minimum absolute atomic E-state index is 0.0597. The summed E-state index contributed by atoms with van der Waals surface area (Å²) in [5.74, 6) is -0.237. The van der Waals surface area contributed by atoms with E-state index < -0.39 is 5.97 Å². The molecule has 0 unspecified atom stereocenters. The Balaban J connectivity index is 1.71. The molecular weight excluding hydrogens is 334 g/mol. The number of Topliss-reactive ketones (excluding diaryl/α,β-unsaturated/α-hetero) is 1.